The number of phosphoric acid groups is 1. The van der Waals surface area contributed by atoms with Gasteiger partial charge < -0.3 is 13.9 Å². The molecule has 0 N–H and O–H groups in total. The predicted molar refractivity (Wildman–Crippen MR) is 141 cm³/mol. The van der Waals surface area contributed by atoms with Crippen LogP contribution in [-0.2, 0) is 26.2 Å². The number of hydrogen-bond donors (Lipinski definition) is 0. The molecule has 0 saturated heterocycles. The number of phosphoric ester groups is 1. The third-order valence-corrected chi connectivity index (χ3v) is 6.96. The van der Waals surface area contributed by atoms with Crippen molar-refractivity contribution < 1.29 is 48.1 Å². The molecular formula is C29H42NaO4P. The summed E-state index contributed by atoms with van der Waals surface area (Å²) in [6.45, 7) is 26.6. The van der Waals surface area contributed by atoms with Gasteiger partial charge in [-0.25, -0.2) is 4.57 Å². The zero-order valence-electron chi connectivity index (χ0n) is 23.8. The summed E-state index contributed by atoms with van der Waals surface area (Å²) in [6, 6.07) is 11.3. The van der Waals surface area contributed by atoms with Crippen LogP contribution in [0.15, 0.2) is 49.1 Å². The van der Waals surface area contributed by atoms with Gasteiger partial charge in [0.2, 0.25) is 0 Å². The van der Waals surface area contributed by atoms with Crippen LogP contribution in [0.2, 0.25) is 0 Å². The summed E-state index contributed by atoms with van der Waals surface area (Å²) in [4.78, 5) is 13.1. The molecule has 4 nitrogen and oxygen atoms in total. The van der Waals surface area contributed by atoms with Gasteiger partial charge in [0.15, 0.2) is 0 Å². The van der Waals surface area contributed by atoms with Crippen LogP contribution in [0.1, 0.15) is 98.4 Å². The molecule has 1 atom stereocenters. The van der Waals surface area contributed by atoms with Crippen LogP contribution < -0.4 is 43.5 Å². The molecule has 0 saturated carbocycles. The first-order valence-corrected chi connectivity index (χ1v) is 13.3. The summed E-state index contributed by atoms with van der Waals surface area (Å²) in [5.41, 5.74) is 2.78. The summed E-state index contributed by atoms with van der Waals surface area (Å²) in [5.74, 6) is 0.568. The Kier molecular flexibility index (Phi) is 9.83. The maximum atomic E-state index is 13.1. The Labute approximate surface area is 235 Å². The fraction of sp³-hybridized carbons (Fsp3) is 0.517. The first-order valence-electron chi connectivity index (χ1n) is 11.8. The molecular weight excluding hydrogens is 466 g/mol. The molecule has 188 valence electrons. The van der Waals surface area contributed by atoms with E-state index in [-0.39, 0.29) is 57.0 Å². The number of benzene rings is 2. The Morgan fingerprint density at radius 2 is 1.09 bits per heavy atom. The van der Waals surface area contributed by atoms with Crippen molar-refractivity contribution in [1.29, 1.82) is 0 Å². The molecule has 0 radical (unpaired) electrons. The molecule has 2 aromatic carbocycles. The van der Waals surface area contributed by atoms with Crippen molar-refractivity contribution in [3.8, 4) is 11.5 Å². The van der Waals surface area contributed by atoms with Crippen LogP contribution in [0.3, 0.4) is 0 Å². The Hall–Kier alpha value is -1.03. The van der Waals surface area contributed by atoms with E-state index in [1.54, 1.807) is 12.1 Å². The van der Waals surface area contributed by atoms with Crippen LogP contribution >= 0.6 is 7.82 Å². The molecule has 0 amide bonds. The summed E-state index contributed by atoms with van der Waals surface area (Å²) in [6.07, 6.45) is 1.88. The minimum absolute atomic E-state index is 0. The molecule has 35 heavy (non-hydrogen) atoms. The Morgan fingerprint density at radius 3 is 1.43 bits per heavy atom. The number of rotatable bonds is 6. The minimum Gasteiger partial charge on any atom is -0.736 e. The summed E-state index contributed by atoms with van der Waals surface area (Å²) in [5, 5.41) is 0. The van der Waals surface area contributed by atoms with Crippen LogP contribution in [0.5, 0.6) is 11.5 Å². The molecule has 0 spiro atoms. The van der Waals surface area contributed by atoms with Crippen LogP contribution in [0.25, 0.3) is 0 Å². The molecule has 0 heterocycles. The van der Waals surface area contributed by atoms with Crippen molar-refractivity contribution in [2.45, 2.75) is 97.8 Å². The average Bonchev–Trinajstić information content (AvgIpc) is 2.65. The maximum absolute atomic E-state index is 13.1. The number of allylic oxidation sites excluding steroid dienone is 1. The van der Waals surface area contributed by atoms with E-state index in [2.05, 4.69) is 41.2 Å². The summed E-state index contributed by atoms with van der Waals surface area (Å²) < 4.78 is 24.3. The van der Waals surface area contributed by atoms with Gasteiger partial charge in [0.25, 0.3) is 0 Å². The maximum Gasteiger partial charge on any atom is 1.00 e. The summed E-state index contributed by atoms with van der Waals surface area (Å²) >= 11 is 0. The molecule has 0 aliphatic rings. The first kappa shape index (κ1) is 32.0. The van der Waals surface area contributed by atoms with E-state index in [9.17, 15) is 9.46 Å². The molecule has 0 fully saturated rings. The molecule has 0 aromatic heterocycles. The van der Waals surface area contributed by atoms with E-state index in [0.717, 1.165) is 22.3 Å². The minimum atomic E-state index is -4.72. The monoisotopic (exact) mass is 508 g/mol. The van der Waals surface area contributed by atoms with Crippen molar-refractivity contribution in [3.05, 3.63) is 71.3 Å². The van der Waals surface area contributed by atoms with Crippen LogP contribution in [-0.4, -0.2) is 0 Å². The molecule has 6 heteroatoms. The third kappa shape index (κ3) is 8.23. The van der Waals surface area contributed by atoms with Crippen molar-refractivity contribution in [1.82, 2.24) is 0 Å². The van der Waals surface area contributed by atoms with Gasteiger partial charge >= 0.3 is 37.4 Å². The van der Waals surface area contributed by atoms with Crippen molar-refractivity contribution >= 4 is 7.82 Å². The van der Waals surface area contributed by atoms with Gasteiger partial charge in [-0.2, -0.15) is 0 Å². The van der Waals surface area contributed by atoms with Gasteiger partial charge in [-0.15, -0.1) is 6.58 Å². The van der Waals surface area contributed by atoms with Gasteiger partial charge in [-0.1, -0.05) is 107 Å². The van der Waals surface area contributed by atoms with Crippen LogP contribution in [0.4, 0.5) is 0 Å². The Balaban J connectivity index is 0.00000612. The Bertz CT molecular complexity index is 1100. The SMILES string of the molecule is C=CC(C)(C)c1ccc(OP(=O)([O-])Oc2ccc(C(C)(C)C)cc2C(C)(C)C)c(C(C)(C)C)c1.[Na+]. The molecule has 0 bridgehead atoms. The molecule has 0 aliphatic carbocycles. The quantitative estimate of drug-likeness (QED) is 0.314. The van der Waals surface area contributed by atoms with E-state index in [1.165, 1.54) is 0 Å². The van der Waals surface area contributed by atoms with Crippen LogP contribution in [0, 0.1) is 0 Å². The van der Waals surface area contributed by atoms with Gasteiger partial charge in [0.1, 0.15) is 11.5 Å². The topological polar surface area (TPSA) is 58.6 Å². The van der Waals surface area contributed by atoms with Gasteiger partial charge in [0.05, 0.1) is 0 Å². The van der Waals surface area contributed by atoms with E-state index in [4.69, 9.17) is 9.05 Å². The molecule has 2 rings (SSSR count). The largest absolute Gasteiger partial charge is 1.00 e. The van der Waals surface area contributed by atoms with E-state index >= 15 is 0 Å². The number of hydrogen-bond acceptors (Lipinski definition) is 4. The molecule has 1 unspecified atom stereocenters. The fourth-order valence-corrected chi connectivity index (χ4v) is 4.47. The average molecular weight is 509 g/mol. The normalized spacial score (nSPS) is 14.5. The van der Waals surface area contributed by atoms with Gasteiger partial charge in [0, 0.05) is 16.5 Å². The van der Waals surface area contributed by atoms with Gasteiger partial charge in [-0.3, -0.25) is 0 Å². The van der Waals surface area contributed by atoms with Crippen molar-refractivity contribution in [3.63, 3.8) is 0 Å². The zero-order valence-corrected chi connectivity index (χ0v) is 26.7. The third-order valence-electron chi connectivity index (χ3n) is 6.12. The first-order chi connectivity index (χ1) is 15.2. The van der Waals surface area contributed by atoms with Crippen molar-refractivity contribution in [2.24, 2.45) is 0 Å². The van der Waals surface area contributed by atoms with E-state index in [0.29, 0.717) is 5.75 Å². The molecule has 2 aromatic rings. The van der Waals surface area contributed by atoms with Crippen molar-refractivity contribution in [2.75, 3.05) is 0 Å². The standard InChI is InChI=1S/C29H43O4P.Na/c1-13-29(11,12)21-15-17-25(23(19-21)28(8,9)10)33-34(30,31)32-24-16-14-20(26(2,3)4)18-22(24)27(5,6)7;/h13-19H,1H2,2-12H3,(H,30,31);/q;+1/p-1. The second-order valence-electron chi connectivity index (χ2n) is 12.7. The smallest absolute Gasteiger partial charge is 0.736 e. The van der Waals surface area contributed by atoms with Gasteiger partial charge in [-0.05, 0) is 39.5 Å². The second-order valence-corrected chi connectivity index (χ2v) is 14.0. The predicted octanol–water partition coefficient (Wildman–Crippen LogP) is 4.97. The zero-order chi connectivity index (χ0) is 26.3. The summed E-state index contributed by atoms with van der Waals surface area (Å²) in [7, 11) is -4.72. The molecule has 0 aliphatic heterocycles. The van der Waals surface area contributed by atoms with E-state index < -0.39 is 7.82 Å². The Morgan fingerprint density at radius 1 is 0.714 bits per heavy atom. The fourth-order valence-electron chi connectivity index (χ4n) is 3.64. The van der Waals surface area contributed by atoms with E-state index in [1.807, 2.05) is 71.9 Å². The second kappa shape index (κ2) is 10.8.